The minimum absolute atomic E-state index is 0.176. The highest BCUT2D eigenvalue weighted by molar-refractivity contribution is 9.10. The topological polar surface area (TPSA) is 56.2 Å². The molecule has 2 N–H and O–H groups in total. The summed E-state index contributed by atoms with van der Waals surface area (Å²) < 4.78 is 58.3. The molecule has 1 heterocycles. The third kappa shape index (κ3) is 2.56. The van der Waals surface area contributed by atoms with Crippen LogP contribution in [0, 0.1) is 5.82 Å². The molecule has 3 aromatic rings. The van der Waals surface area contributed by atoms with Crippen molar-refractivity contribution in [3.63, 3.8) is 0 Å². The number of furan rings is 1. The van der Waals surface area contributed by atoms with Gasteiger partial charge in [0.15, 0.2) is 5.76 Å². The number of amides is 1. The van der Waals surface area contributed by atoms with E-state index in [1.54, 1.807) is 12.1 Å². The fourth-order valence-electron chi connectivity index (χ4n) is 2.45. The van der Waals surface area contributed by atoms with E-state index in [2.05, 4.69) is 15.9 Å². The molecular weight excluding hydrogens is 394 g/mol. The highest BCUT2D eigenvalue weighted by Gasteiger charge is 2.36. The van der Waals surface area contributed by atoms with Crippen LogP contribution < -0.4 is 5.73 Å². The van der Waals surface area contributed by atoms with Crippen LogP contribution in [0.4, 0.5) is 17.6 Å². The molecule has 1 aromatic heterocycles. The molecule has 0 fully saturated rings. The number of fused-ring (bicyclic) bond motifs is 1. The van der Waals surface area contributed by atoms with Gasteiger partial charge in [-0.2, -0.15) is 13.2 Å². The number of nitrogens with two attached hydrogens (primary N) is 1. The van der Waals surface area contributed by atoms with Gasteiger partial charge in [0.2, 0.25) is 0 Å². The largest absolute Gasteiger partial charge is 0.455 e. The van der Waals surface area contributed by atoms with Crippen LogP contribution in [0.3, 0.4) is 0 Å². The smallest absolute Gasteiger partial charge is 0.417 e. The average molecular weight is 402 g/mol. The summed E-state index contributed by atoms with van der Waals surface area (Å²) >= 11 is 2.77. The van der Waals surface area contributed by atoms with Crippen molar-refractivity contribution in [2.45, 2.75) is 6.18 Å². The van der Waals surface area contributed by atoms with Crippen LogP contribution in [0.2, 0.25) is 0 Å². The Kier molecular flexibility index (Phi) is 3.87. The van der Waals surface area contributed by atoms with E-state index in [4.69, 9.17) is 10.2 Å². The van der Waals surface area contributed by atoms with Gasteiger partial charge in [0.1, 0.15) is 11.4 Å². The van der Waals surface area contributed by atoms with Crippen molar-refractivity contribution in [3.05, 3.63) is 57.8 Å². The van der Waals surface area contributed by atoms with Gasteiger partial charge in [-0.15, -0.1) is 0 Å². The van der Waals surface area contributed by atoms with Gasteiger partial charge in [-0.1, -0.05) is 18.2 Å². The summed E-state index contributed by atoms with van der Waals surface area (Å²) in [5, 5.41) is 0.295. The standard InChI is InChI=1S/C16H8BrF4NO2/c17-13-8(16(19,20)21)5-6-9(18)12(13)14-11(15(22)23)7-3-1-2-4-10(7)24-14/h1-6H,(H2,22,23). The number of carbonyl (C=O) groups is 1. The van der Waals surface area contributed by atoms with Crippen molar-refractivity contribution in [1.29, 1.82) is 0 Å². The summed E-state index contributed by atoms with van der Waals surface area (Å²) in [6.45, 7) is 0. The molecule has 0 unspecified atom stereocenters. The van der Waals surface area contributed by atoms with Gasteiger partial charge in [-0.05, 0) is 34.1 Å². The zero-order valence-corrected chi connectivity index (χ0v) is 13.3. The van der Waals surface area contributed by atoms with E-state index < -0.39 is 33.5 Å². The maximum absolute atomic E-state index is 14.3. The van der Waals surface area contributed by atoms with E-state index >= 15 is 0 Å². The van der Waals surface area contributed by atoms with Crippen LogP contribution in [0.1, 0.15) is 15.9 Å². The normalized spacial score (nSPS) is 11.9. The van der Waals surface area contributed by atoms with Crippen molar-refractivity contribution in [2.75, 3.05) is 0 Å². The number of benzene rings is 2. The Balaban J connectivity index is 2.40. The molecule has 1 amide bonds. The molecule has 0 aliphatic heterocycles. The monoisotopic (exact) mass is 401 g/mol. The fraction of sp³-hybridized carbons (Fsp3) is 0.0625. The first-order valence-corrected chi connectivity index (χ1v) is 7.38. The van der Waals surface area contributed by atoms with E-state index in [9.17, 15) is 22.4 Å². The number of rotatable bonds is 2. The van der Waals surface area contributed by atoms with Crippen LogP contribution in [-0.2, 0) is 6.18 Å². The van der Waals surface area contributed by atoms with Gasteiger partial charge in [-0.25, -0.2) is 4.39 Å². The van der Waals surface area contributed by atoms with Crippen LogP contribution in [0.25, 0.3) is 22.3 Å². The van der Waals surface area contributed by atoms with E-state index in [0.29, 0.717) is 17.5 Å². The number of hydrogen-bond donors (Lipinski definition) is 1. The van der Waals surface area contributed by atoms with Gasteiger partial charge in [0.05, 0.1) is 16.7 Å². The van der Waals surface area contributed by atoms with Crippen LogP contribution in [0.15, 0.2) is 45.3 Å². The van der Waals surface area contributed by atoms with Crippen molar-refractivity contribution in [2.24, 2.45) is 5.73 Å². The number of alkyl halides is 3. The maximum Gasteiger partial charge on any atom is 0.417 e. The lowest BCUT2D eigenvalue weighted by molar-refractivity contribution is -0.138. The molecule has 0 atom stereocenters. The second-order valence-electron chi connectivity index (χ2n) is 4.95. The third-order valence-corrected chi connectivity index (χ3v) is 4.29. The molecule has 3 nitrogen and oxygen atoms in total. The third-order valence-electron chi connectivity index (χ3n) is 3.47. The lowest BCUT2D eigenvalue weighted by Crippen LogP contribution is -2.12. The number of hydrogen-bond acceptors (Lipinski definition) is 2. The highest BCUT2D eigenvalue weighted by atomic mass is 79.9. The Morgan fingerprint density at radius 1 is 1.12 bits per heavy atom. The van der Waals surface area contributed by atoms with Gasteiger partial charge in [0, 0.05) is 9.86 Å². The molecule has 0 radical (unpaired) electrons. The lowest BCUT2D eigenvalue weighted by Gasteiger charge is -2.13. The number of para-hydroxylation sites is 1. The quantitative estimate of drug-likeness (QED) is 0.605. The van der Waals surface area contributed by atoms with Gasteiger partial charge in [-0.3, -0.25) is 4.79 Å². The molecule has 124 valence electrons. The van der Waals surface area contributed by atoms with Crippen molar-refractivity contribution >= 4 is 32.8 Å². The molecule has 0 aliphatic rings. The van der Waals surface area contributed by atoms with Crippen molar-refractivity contribution in [3.8, 4) is 11.3 Å². The zero-order valence-electron chi connectivity index (χ0n) is 11.7. The highest BCUT2D eigenvalue weighted by Crippen LogP contribution is 2.44. The fourth-order valence-corrected chi connectivity index (χ4v) is 3.17. The summed E-state index contributed by atoms with van der Waals surface area (Å²) in [6, 6.07) is 7.51. The Hall–Kier alpha value is -2.35. The first-order valence-electron chi connectivity index (χ1n) is 6.58. The Labute approximate surface area is 141 Å². The summed E-state index contributed by atoms with van der Waals surface area (Å²) in [6.07, 6.45) is -4.71. The predicted octanol–water partition coefficient (Wildman–Crippen LogP) is 5.12. The minimum atomic E-state index is -4.71. The summed E-state index contributed by atoms with van der Waals surface area (Å²) in [5.41, 5.74) is 3.77. The zero-order chi connectivity index (χ0) is 17.6. The lowest BCUT2D eigenvalue weighted by atomic mass is 10.0. The van der Waals surface area contributed by atoms with Crippen molar-refractivity contribution in [1.82, 2.24) is 0 Å². The second-order valence-corrected chi connectivity index (χ2v) is 5.74. The molecule has 8 heteroatoms. The van der Waals surface area contributed by atoms with Gasteiger partial charge in [0.25, 0.3) is 5.91 Å². The van der Waals surface area contributed by atoms with Gasteiger partial charge >= 0.3 is 6.18 Å². The van der Waals surface area contributed by atoms with E-state index in [1.165, 1.54) is 12.1 Å². The molecule has 3 rings (SSSR count). The summed E-state index contributed by atoms with van der Waals surface area (Å²) in [5.74, 6) is -2.26. The average Bonchev–Trinajstić information content (AvgIpc) is 2.84. The molecule has 2 aromatic carbocycles. The van der Waals surface area contributed by atoms with Crippen LogP contribution >= 0.6 is 15.9 Å². The Morgan fingerprint density at radius 3 is 2.42 bits per heavy atom. The molecule has 0 spiro atoms. The molecule has 0 aliphatic carbocycles. The molecule has 0 saturated carbocycles. The van der Waals surface area contributed by atoms with E-state index in [-0.39, 0.29) is 16.9 Å². The van der Waals surface area contributed by atoms with E-state index in [1.807, 2.05) is 0 Å². The molecule has 0 saturated heterocycles. The molecule has 24 heavy (non-hydrogen) atoms. The molecule has 0 bridgehead atoms. The molecular formula is C16H8BrF4NO2. The SMILES string of the molecule is NC(=O)c1c(-c2c(F)ccc(C(F)(F)F)c2Br)oc2ccccc12. The summed E-state index contributed by atoms with van der Waals surface area (Å²) in [7, 11) is 0. The Morgan fingerprint density at radius 2 is 1.79 bits per heavy atom. The minimum Gasteiger partial charge on any atom is -0.455 e. The Bertz CT molecular complexity index is 963. The first-order chi connectivity index (χ1) is 11.2. The maximum atomic E-state index is 14.3. The van der Waals surface area contributed by atoms with Crippen molar-refractivity contribution < 1.29 is 26.8 Å². The number of primary amides is 1. The van der Waals surface area contributed by atoms with E-state index in [0.717, 1.165) is 0 Å². The number of carbonyl (C=O) groups excluding carboxylic acids is 1. The predicted molar refractivity (Wildman–Crippen MR) is 82.8 cm³/mol. The second kappa shape index (κ2) is 5.62. The summed E-state index contributed by atoms with van der Waals surface area (Å²) in [4.78, 5) is 11.8. The van der Waals surface area contributed by atoms with Crippen LogP contribution in [0.5, 0.6) is 0 Å². The number of halogens is 5. The first kappa shape index (κ1) is 16.5. The van der Waals surface area contributed by atoms with Crippen LogP contribution in [-0.4, -0.2) is 5.91 Å². The van der Waals surface area contributed by atoms with Gasteiger partial charge < -0.3 is 10.2 Å².